The van der Waals surface area contributed by atoms with Crippen LogP contribution in [0.15, 0.2) is 54.2 Å². The largest absolute Gasteiger partial charge is 0.391 e. The number of nitrogens with two attached hydrogens (primary N) is 1. The first kappa shape index (κ1) is 19.7. The second-order valence-corrected chi connectivity index (χ2v) is 8.40. The molecule has 0 saturated carbocycles. The number of carbonyl (C=O) groups is 1. The Hall–Kier alpha value is -2.61. The van der Waals surface area contributed by atoms with Gasteiger partial charge in [0.15, 0.2) is 5.78 Å². The fourth-order valence-electron chi connectivity index (χ4n) is 3.75. The Labute approximate surface area is 174 Å². The van der Waals surface area contributed by atoms with E-state index in [4.69, 9.17) is 5.73 Å². The van der Waals surface area contributed by atoms with Crippen molar-refractivity contribution in [1.29, 1.82) is 0 Å². The third-order valence-electron chi connectivity index (χ3n) is 5.34. The Morgan fingerprint density at radius 2 is 2.07 bits per heavy atom. The zero-order valence-electron chi connectivity index (χ0n) is 16.2. The van der Waals surface area contributed by atoms with Crippen LogP contribution in [0.4, 0.5) is 5.69 Å². The van der Waals surface area contributed by atoms with E-state index in [0.29, 0.717) is 18.8 Å². The molecule has 1 aliphatic heterocycles. The van der Waals surface area contributed by atoms with Gasteiger partial charge in [0.25, 0.3) is 0 Å². The van der Waals surface area contributed by atoms with Crippen molar-refractivity contribution in [2.45, 2.75) is 25.5 Å². The Morgan fingerprint density at radius 1 is 1.28 bits per heavy atom. The number of pyridine rings is 1. The lowest BCUT2D eigenvalue weighted by atomic mass is 9.92. The summed E-state index contributed by atoms with van der Waals surface area (Å²) in [4.78, 5) is 23.8. The molecular formula is C22H24N4O2S. The Morgan fingerprint density at radius 3 is 2.83 bits per heavy atom. The Bertz CT molecular complexity index is 979. The Kier molecular flexibility index (Phi) is 5.71. The summed E-state index contributed by atoms with van der Waals surface area (Å²) in [6.45, 7) is 3.23. The van der Waals surface area contributed by atoms with E-state index in [1.54, 1.807) is 12.4 Å². The van der Waals surface area contributed by atoms with E-state index in [1.807, 2.05) is 48.7 Å². The lowest BCUT2D eigenvalue weighted by molar-refractivity contribution is 0.0784. The van der Waals surface area contributed by atoms with Crippen molar-refractivity contribution in [1.82, 2.24) is 9.97 Å². The molecule has 0 bridgehead atoms. The summed E-state index contributed by atoms with van der Waals surface area (Å²) in [6, 6.07) is 11.4. The van der Waals surface area contributed by atoms with E-state index in [1.165, 1.54) is 11.3 Å². The normalized spacial score (nSPS) is 21.9. The quantitative estimate of drug-likeness (QED) is 0.631. The van der Waals surface area contributed by atoms with Gasteiger partial charge in [-0.05, 0) is 6.07 Å². The summed E-state index contributed by atoms with van der Waals surface area (Å²) in [5.74, 6) is 0.0227. The van der Waals surface area contributed by atoms with E-state index < -0.39 is 6.10 Å². The fourth-order valence-corrected chi connectivity index (χ4v) is 4.59. The van der Waals surface area contributed by atoms with Gasteiger partial charge in [-0.1, -0.05) is 37.3 Å². The molecule has 29 heavy (non-hydrogen) atoms. The van der Waals surface area contributed by atoms with Crippen molar-refractivity contribution in [3.05, 3.63) is 65.4 Å². The molecular weight excluding hydrogens is 384 g/mol. The van der Waals surface area contributed by atoms with Gasteiger partial charge in [0.1, 0.15) is 10.7 Å². The number of ketones is 1. The lowest BCUT2D eigenvalue weighted by Crippen LogP contribution is -2.55. The number of Topliss-reactive ketones (excluding diaryl/α,β-unsaturated/α-hetero) is 1. The molecule has 1 aromatic carbocycles. The number of hydrogen-bond donors (Lipinski definition) is 2. The fraction of sp³-hybridized carbons (Fsp3) is 0.318. The van der Waals surface area contributed by atoms with Crippen LogP contribution in [-0.2, 0) is 6.42 Å². The van der Waals surface area contributed by atoms with E-state index in [2.05, 4.69) is 14.9 Å². The van der Waals surface area contributed by atoms with Gasteiger partial charge in [-0.15, -0.1) is 11.3 Å². The highest BCUT2D eigenvalue weighted by Crippen LogP contribution is 2.28. The second kappa shape index (κ2) is 8.41. The summed E-state index contributed by atoms with van der Waals surface area (Å²) in [6.07, 6.45) is 3.17. The maximum atomic E-state index is 12.9. The minimum atomic E-state index is -0.510. The number of thiazole rings is 1. The molecule has 2 aromatic heterocycles. The second-order valence-electron chi connectivity index (χ2n) is 7.54. The van der Waals surface area contributed by atoms with E-state index in [0.717, 1.165) is 21.8 Å². The molecule has 0 radical (unpaired) electrons. The van der Waals surface area contributed by atoms with Gasteiger partial charge in [-0.3, -0.25) is 9.78 Å². The number of piperidine rings is 1. The van der Waals surface area contributed by atoms with Gasteiger partial charge < -0.3 is 15.7 Å². The molecule has 1 saturated heterocycles. The van der Waals surface area contributed by atoms with Crippen LogP contribution in [0.5, 0.6) is 0 Å². The summed E-state index contributed by atoms with van der Waals surface area (Å²) < 4.78 is 0. The number of aromatic nitrogens is 2. The molecule has 4 rings (SSSR count). The van der Waals surface area contributed by atoms with Crippen LogP contribution in [0.1, 0.15) is 23.0 Å². The van der Waals surface area contributed by atoms with Crippen molar-refractivity contribution in [3.8, 4) is 10.6 Å². The van der Waals surface area contributed by atoms with Gasteiger partial charge in [0.2, 0.25) is 0 Å². The van der Waals surface area contributed by atoms with E-state index >= 15 is 0 Å². The first-order valence-electron chi connectivity index (χ1n) is 9.68. The molecule has 6 nitrogen and oxygen atoms in total. The number of benzene rings is 1. The lowest BCUT2D eigenvalue weighted by Gasteiger charge is -2.40. The zero-order valence-corrected chi connectivity index (χ0v) is 17.0. The predicted octanol–water partition coefficient (Wildman–Crippen LogP) is 2.77. The Balaban J connectivity index is 1.53. The first-order chi connectivity index (χ1) is 14.0. The molecule has 0 unspecified atom stereocenters. The molecule has 0 amide bonds. The average molecular weight is 409 g/mol. The predicted molar refractivity (Wildman–Crippen MR) is 115 cm³/mol. The van der Waals surface area contributed by atoms with Gasteiger partial charge in [0, 0.05) is 66.1 Å². The third-order valence-corrected chi connectivity index (χ3v) is 6.23. The summed E-state index contributed by atoms with van der Waals surface area (Å²) in [7, 11) is 0. The number of nitrogens with zero attached hydrogens (tertiary/aromatic N) is 3. The number of aliphatic hydroxyl groups excluding tert-OH is 1. The number of anilines is 1. The highest BCUT2D eigenvalue weighted by atomic mass is 32.1. The smallest absolute Gasteiger partial charge is 0.186 e. The molecule has 0 aliphatic carbocycles. The van der Waals surface area contributed by atoms with Crippen molar-refractivity contribution >= 4 is 22.8 Å². The highest BCUT2D eigenvalue weighted by molar-refractivity contribution is 7.13. The van der Waals surface area contributed by atoms with Crippen LogP contribution in [0.25, 0.3) is 10.6 Å². The maximum Gasteiger partial charge on any atom is 0.186 e. The molecule has 1 fully saturated rings. The number of aliphatic hydroxyl groups is 1. The molecule has 3 atom stereocenters. The van der Waals surface area contributed by atoms with Gasteiger partial charge in [-0.25, -0.2) is 4.98 Å². The minimum absolute atomic E-state index is 0.0351. The van der Waals surface area contributed by atoms with Gasteiger partial charge in [0.05, 0.1) is 6.10 Å². The van der Waals surface area contributed by atoms with Crippen molar-refractivity contribution in [2.75, 3.05) is 18.0 Å². The van der Waals surface area contributed by atoms with Crippen LogP contribution in [0.2, 0.25) is 0 Å². The molecule has 3 aromatic rings. The zero-order chi connectivity index (χ0) is 20.4. The van der Waals surface area contributed by atoms with E-state index in [9.17, 15) is 9.90 Å². The van der Waals surface area contributed by atoms with Gasteiger partial charge in [-0.2, -0.15) is 0 Å². The minimum Gasteiger partial charge on any atom is -0.391 e. The number of hydrogen-bond acceptors (Lipinski definition) is 7. The van der Waals surface area contributed by atoms with Crippen molar-refractivity contribution < 1.29 is 9.90 Å². The summed E-state index contributed by atoms with van der Waals surface area (Å²) in [5.41, 5.74) is 9.39. The van der Waals surface area contributed by atoms with Crippen molar-refractivity contribution in [3.63, 3.8) is 0 Å². The van der Waals surface area contributed by atoms with Crippen molar-refractivity contribution in [2.24, 2.45) is 11.7 Å². The van der Waals surface area contributed by atoms with Crippen LogP contribution in [0.3, 0.4) is 0 Å². The maximum absolute atomic E-state index is 12.9. The summed E-state index contributed by atoms with van der Waals surface area (Å²) >= 11 is 1.47. The molecule has 150 valence electrons. The average Bonchev–Trinajstić information content (AvgIpc) is 3.23. The molecule has 1 aliphatic rings. The SMILES string of the molecule is C[C@H]1CN(c2ccncc2CC(=O)c2csc(-c3ccccc3)n2)C[C@@H](N)[C@@H]1O. The van der Waals surface area contributed by atoms with E-state index in [-0.39, 0.29) is 24.2 Å². The van der Waals surface area contributed by atoms with Gasteiger partial charge >= 0.3 is 0 Å². The van der Waals surface area contributed by atoms with Crippen LogP contribution >= 0.6 is 11.3 Å². The standard InChI is InChI=1S/C22H24N4O2S/c1-14-11-26(12-17(23)21(14)28)19-7-8-24-10-16(19)9-20(27)18-13-29-22(25-18)15-5-3-2-4-6-15/h2-8,10,13-14,17,21,28H,9,11-12,23H2,1H3/t14-,17+,21+/m0/s1. The third kappa shape index (κ3) is 4.22. The molecule has 7 heteroatoms. The monoisotopic (exact) mass is 408 g/mol. The number of carbonyl (C=O) groups excluding carboxylic acids is 1. The topological polar surface area (TPSA) is 92.3 Å². The van der Waals surface area contributed by atoms with Crippen LogP contribution in [-0.4, -0.2) is 46.1 Å². The first-order valence-corrected chi connectivity index (χ1v) is 10.6. The van der Waals surface area contributed by atoms with Crippen LogP contribution < -0.4 is 10.6 Å². The highest BCUT2D eigenvalue weighted by Gasteiger charge is 2.32. The number of rotatable bonds is 5. The van der Waals surface area contributed by atoms with Crippen LogP contribution in [0, 0.1) is 5.92 Å². The molecule has 3 N–H and O–H groups in total. The summed E-state index contributed by atoms with van der Waals surface area (Å²) in [5, 5.41) is 12.8. The molecule has 3 heterocycles. The molecule has 0 spiro atoms.